The highest BCUT2D eigenvalue weighted by Gasteiger charge is 2.22. The molecule has 0 aliphatic carbocycles. The number of furan rings is 2. The van der Waals surface area contributed by atoms with Gasteiger partial charge in [-0.05, 0) is 78.5 Å². The van der Waals surface area contributed by atoms with E-state index >= 15 is 0 Å². The summed E-state index contributed by atoms with van der Waals surface area (Å²) < 4.78 is 12.6. The zero-order valence-electron chi connectivity index (χ0n) is 23.7. The maximum absolute atomic E-state index is 6.44. The molecule has 2 heterocycles. The average molecular weight is 561 g/mol. The number of rotatable bonds is 2. The summed E-state index contributed by atoms with van der Waals surface area (Å²) in [4.78, 5) is 0. The van der Waals surface area contributed by atoms with E-state index in [0.717, 1.165) is 38.5 Å². The van der Waals surface area contributed by atoms with Crippen LogP contribution in [0.25, 0.3) is 98.3 Å². The Labute approximate surface area is 252 Å². The van der Waals surface area contributed by atoms with E-state index in [2.05, 4.69) is 127 Å². The average Bonchev–Trinajstić information content (AvgIpc) is 3.68. The Hall–Kier alpha value is -5.86. The standard InChI is InChI=1S/C42H24O2/c1-2-12-26-25(11-1)23-35(28-14-4-3-13-27(26)28)39-29-15-5-7-17-31(29)40(32-18-8-6-16-30(32)39)36-24-43-42-33(36)21-22-38-41(42)34-19-9-10-20-37(34)44-38/h1-24H. The zero-order chi connectivity index (χ0) is 28.8. The topological polar surface area (TPSA) is 26.3 Å². The lowest BCUT2D eigenvalue weighted by Gasteiger charge is -2.19. The van der Waals surface area contributed by atoms with Gasteiger partial charge in [-0.15, -0.1) is 0 Å². The van der Waals surface area contributed by atoms with Crippen molar-refractivity contribution >= 4 is 76.0 Å². The Morgan fingerprint density at radius 2 is 0.909 bits per heavy atom. The third-order valence-electron chi connectivity index (χ3n) is 9.32. The number of para-hydroxylation sites is 1. The van der Waals surface area contributed by atoms with Crippen molar-refractivity contribution in [1.82, 2.24) is 0 Å². The van der Waals surface area contributed by atoms with Gasteiger partial charge < -0.3 is 8.83 Å². The highest BCUT2D eigenvalue weighted by molar-refractivity contribution is 6.28. The van der Waals surface area contributed by atoms with Crippen molar-refractivity contribution in [1.29, 1.82) is 0 Å². The molecule has 204 valence electrons. The van der Waals surface area contributed by atoms with Gasteiger partial charge in [0, 0.05) is 21.9 Å². The van der Waals surface area contributed by atoms with Crippen LogP contribution in [0.3, 0.4) is 0 Å². The molecule has 0 saturated carbocycles. The van der Waals surface area contributed by atoms with Gasteiger partial charge in [-0.1, -0.05) is 115 Å². The first-order valence-corrected chi connectivity index (χ1v) is 15.0. The lowest BCUT2D eigenvalue weighted by Crippen LogP contribution is -1.92. The van der Waals surface area contributed by atoms with Gasteiger partial charge >= 0.3 is 0 Å². The van der Waals surface area contributed by atoms with Gasteiger partial charge in [-0.2, -0.15) is 0 Å². The summed E-state index contributed by atoms with van der Waals surface area (Å²) in [5.41, 5.74) is 7.37. The molecular formula is C42H24O2. The van der Waals surface area contributed by atoms with Crippen molar-refractivity contribution in [3.05, 3.63) is 146 Å². The Kier molecular flexibility index (Phi) is 4.75. The lowest BCUT2D eigenvalue weighted by atomic mass is 9.84. The van der Waals surface area contributed by atoms with E-state index in [0.29, 0.717) is 0 Å². The van der Waals surface area contributed by atoms with Gasteiger partial charge in [0.25, 0.3) is 0 Å². The third-order valence-corrected chi connectivity index (χ3v) is 9.32. The van der Waals surface area contributed by atoms with Crippen molar-refractivity contribution in [2.24, 2.45) is 0 Å². The molecule has 0 N–H and O–H groups in total. The summed E-state index contributed by atoms with van der Waals surface area (Å²) >= 11 is 0. The lowest BCUT2D eigenvalue weighted by molar-refractivity contribution is 0.619. The fourth-order valence-electron chi connectivity index (χ4n) is 7.46. The molecule has 0 amide bonds. The SMILES string of the molecule is c1ccc2c(c1)cc(-c1c3ccccc3c(-c3coc4c3ccc3oc5ccccc5c34)c3ccccc13)c1ccccc12. The quantitative estimate of drug-likeness (QED) is 0.155. The molecule has 0 atom stereocenters. The van der Waals surface area contributed by atoms with Crippen LogP contribution in [0.4, 0.5) is 0 Å². The zero-order valence-corrected chi connectivity index (χ0v) is 23.7. The molecule has 2 nitrogen and oxygen atoms in total. The van der Waals surface area contributed by atoms with E-state index in [1.807, 2.05) is 18.4 Å². The minimum absolute atomic E-state index is 0.841. The van der Waals surface area contributed by atoms with Crippen LogP contribution in [0, 0.1) is 0 Å². The van der Waals surface area contributed by atoms with Crippen LogP contribution < -0.4 is 0 Å². The molecule has 0 aliphatic rings. The van der Waals surface area contributed by atoms with Gasteiger partial charge in [0.2, 0.25) is 0 Å². The summed E-state index contributed by atoms with van der Waals surface area (Å²) in [7, 11) is 0. The smallest absolute Gasteiger partial charge is 0.146 e. The number of benzene rings is 8. The van der Waals surface area contributed by atoms with Crippen LogP contribution in [0.5, 0.6) is 0 Å². The first-order valence-electron chi connectivity index (χ1n) is 15.0. The van der Waals surface area contributed by atoms with E-state index in [9.17, 15) is 0 Å². The van der Waals surface area contributed by atoms with Crippen molar-refractivity contribution in [2.45, 2.75) is 0 Å². The van der Waals surface area contributed by atoms with Gasteiger partial charge in [0.05, 0.1) is 11.6 Å². The molecule has 0 radical (unpaired) electrons. The van der Waals surface area contributed by atoms with Gasteiger partial charge in [0.15, 0.2) is 0 Å². The highest BCUT2D eigenvalue weighted by atomic mass is 16.3. The Morgan fingerprint density at radius 3 is 1.61 bits per heavy atom. The van der Waals surface area contributed by atoms with Crippen LogP contribution >= 0.6 is 0 Å². The van der Waals surface area contributed by atoms with E-state index in [4.69, 9.17) is 8.83 Å². The van der Waals surface area contributed by atoms with Crippen molar-refractivity contribution < 1.29 is 8.83 Å². The fourth-order valence-corrected chi connectivity index (χ4v) is 7.46. The number of fused-ring (bicyclic) bond motifs is 10. The van der Waals surface area contributed by atoms with E-state index in [1.54, 1.807) is 0 Å². The second kappa shape index (κ2) is 8.82. The monoisotopic (exact) mass is 560 g/mol. The van der Waals surface area contributed by atoms with E-state index in [-0.39, 0.29) is 0 Å². The Balaban J connectivity index is 1.36. The molecule has 10 rings (SSSR count). The molecule has 8 aromatic carbocycles. The molecule has 0 fully saturated rings. The molecule has 0 saturated heterocycles. The summed E-state index contributed by atoms with van der Waals surface area (Å²) in [6.45, 7) is 0. The predicted octanol–water partition coefficient (Wildman–Crippen LogP) is 12.3. The van der Waals surface area contributed by atoms with Crippen LogP contribution in [0.1, 0.15) is 0 Å². The molecule has 10 aromatic rings. The first kappa shape index (κ1) is 23.7. The maximum atomic E-state index is 6.44. The second-order valence-corrected chi connectivity index (χ2v) is 11.6. The molecule has 0 spiro atoms. The highest BCUT2D eigenvalue weighted by Crippen LogP contribution is 2.48. The molecule has 44 heavy (non-hydrogen) atoms. The molecule has 0 unspecified atom stereocenters. The van der Waals surface area contributed by atoms with Crippen LogP contribution in [-0.2, 0) is 0 Å². The van der Waals surface area contributed by atoms with Gasteiger partial charge in [0.1, 0.15) is 16.7 Å². The summed E-state index contributed by atoms with van der Waals surface area (Å²) in [5.74, 6) is 0. The predicted molar refractivity (Wildman–Crippen MR) is 184 cm³/mol. The summed E-state index contributed by atoms with van der Waals surface area (Å²) in [6, 6.07) is 50.0. The fraction of sp³-hybridized carbons (Fsp3) is 0. The van der Waals surface area contributed by atoms with E-state index < -0.39 is 0 Å². The normalized spacial score (nSPS) is 12.1. The number of hydrogen-bond donors (Lipinski definition) is 0. The van der Waals surface area contributed by atoms with Crippen molar-refractivity contribution in [3.8, 4) is 22.3 Å². The van der Waals surface area contributed by atoms with Crippen LogP contribution in [0.15, 0.2) is 155 Å². The van der Waals surface area contributed by atoms with Crippen molar-refractivity contribution in [2.75, 3.05) is 0 Å². The molecule has 2 aromatic heterocycles. The van der Waals surface area contributed by atoms with E-state index in [1.165, 1.54) is 59.8 Å². The molecule has 2 heteroatoms. The van der Waals surface area contributed by atoms with Gasteiger partial charge in [-0.3, -0.25) is 0 Å². The van der Waals surface area contributed by atoms with Gasteiger partial charge in [-0.25, -0.2) is 0 Å². The molecule has 0 aliphatic heterocycles. The third kappa shape index (κ3) is 3.14. The van der Waals surface area contributed by atoms with Crippen LogP contribution in [-0.4, -0.2) is 0 Å². The Bertz CT molecular complexity index is 2720. The molecular weight excluding hydrogens is 536 g/mol. The minimum Gasteiger partial charge on any atom is -0.463 e. The maximum Gasteiger partial charge on any atom is 0.146 e. The summed E-state index contributed by atoms with van der Waals surface area (Å²) in [5, 5.41) is 13.1. The van der Waals surface area contributed by atoms with Crippen LogP contribution in [0.2, 0.25) is 0 Å². The first-order chi connectivity index (χ1) is 21.8. The number of hydrogen-bond acceptors (Lipinski definition) is 2. The molecule has 0 bridgehead atoms. The largest absolute Gasteiger partial charge is 0.463 e. The Morgan fingerprint density at radius 1 is 0.364 bits per heavy atom. The summed E-state index contributed by atoms with van der Waals surface area (Å²) in [6.07, 6.45) is 1.94. The minimum atomic E-state index is 0.841. The van der Waals surface area contributed by atoms with Crippen molar-refractivity contribution in [3.63, 3.8) is 0 Å². The second-order valence-electron chi connectivity index (χ2n) is 11.6.